The molecule has 112 valence electrons. The first-order valence-corrected chi connectivity index (χ1v) is 8.41. The van der Waals surface area contributed by atoms with Crippen LogP contribution >= 0.6 is 0 Å². The predicted molar refractivity (Wildman–Crippen MR) is 77.9 cm³/mol. The van der Waals surface area contributed by atoms with Gasteiger partial charge >= 0.3 is 0 Å². The van der Waals surface area contributed by atoms with Crippen molar-refractivity contribution in [3.63, 3.8) is 0 Å². The lowest BCUT2D eigenvalue weighted by molar-refractivity contribution is -0.148. The molecule has 4 atom stereocenters. The lowest BCUT2D eigenvalue weighted by Gasteiger charge is -2.38. The van der Waals surface area contributed by atoms with Crippen LogP contribution in [0, 0.1) is 23.7 Å². The van der Waals surface area contributed by atoms with Crippen LogP contribution in [0.2, 0.25) is 0 Å². The molecule has 0 N–H and O–H groups in total. The minimum atomic E-state index is -0.249. The quantitative estimate of drug-likeness (QED) is 0.722. The largest absolute Gasteiger partial charge is 0.276 e. The molecule has 3 aliphatic rings. The lowest BCUT2D eigenvalue weighted by atomic mass is 9.81. The molecule has 0 spiro atoms. The summed E-state index contributed by atoms with van der Waals surface area (Å²) in [6.45, 7) is 6.41. The number of hydrogen-bond acceptors (Lipinski definition) is 2. The van der Waals surface area contributed by atoms with Crippen LogP contribution in [0.1, 0.15) is 65.7 Å². The Balaban J connectivity index is 1.91. The zero-order valence-electron chi connectivity index (χ0n) is 13.0. The first-order chi connectivity index (χ1) is 9.53. The third kappa shape index (κ3) is 1.78. The third-order valence-corrected chi connectivity index (χ3v) is 6.04. The second-order valence-corrected chi connectivity index (χ2v) is 7.39. The molecule has 2 amide bonds. The summed E-state index contributed by atoms with van der Waals surface area (Å²) in [4.78, 5) is 27.5. The molecular formula is C17H27NO2. The summed E-state index contributed by atoms with van der Waals surface area (Å²) >= 11 is 0. The number of carbonyl (C=O) groups is 2. The maximum absolute atomic E-state index is 12.9. The van der Waals surface area contributed by atoms with Gasteiger partial charge in [0.15, 0.2) is 0 Å². The molecule has 1 heterocycles. The van der Waals surface area contributed by atoms with Gasteiger partial charge in [-0.1, -0.05) is 26.7 Å². The average Bonchev–Trinajstić information content (AvgIpc) is 3.04. The van der Waals surface area contributed by atoms with Crippen molar-refractivity contribution in [2.75, 3.05) is 0 Å². The highest BCUT2D eigenvalue weighted by Gasteiger charge is 2.63. The van der Waals surface area contributed by atoms with E-state index in [4.69, 9.17) is 0 Å². The molecule has 2 aliphatic carbocycles. The van der Waals surface area contributed by atoms with E-state index in [1.165, 1.54) is 0 Å². The summed E-state index contributed by atoms with van der Waals surface area (Å²) in [6.07, 6.45) is 7.37. The third-order valence-electron chi connectivity index (χ3n) is 6.04. The van der Waals surface area contributed by atoms with Gasteiger partial charge in [-0.25, -0.2) is 0 Å². The van der Waals surface area contributed by atoms with Gasteiger partial charge in [0, 0.05) is 5.54 Å². The van der Waals surface area contributed by atoms with Crippen LogP contribution in [0.25, 0.3) is 0 Å². The van der Waals surface area contributed by atoms with Crippen molar-refractivity contribution in [3.8, 4) is 0 Å². The maximum Gasteiger partial charge on any atom is 0.233 e. The lowest BCUT2D eigenvalue weighted by Crippen LogP contribution is -2.50. The fourth-order valence-corrected chi connectivity index (χ4v) is 5.37. The highest BCUT2D eigenvalue weighted by atomic mass is 16.2. The molecule has 3 nitrogen and oxygen atoms in total. The summed E-state index contributed by atoms with van der Waals surface area (Å²) in [5.74, 6) is 1.40. The van der Waals surface area contributed by atoms with E-state index in [-0.39, 0.29) is 29.2 Å². The Hall–Kier alpha value is -0.860. The maximum atomic E-state index is 12.9. The monoisotopic (exact) mass is 277 g/mol. The molecule has 0 radical (unpaired) electrons. The predicted octanol–water partition coefficient (Wildman–Crippen LogP) is 3.38. The number of likely N-dealkylation sites (tertiary alicyclic amines) is 1. The number of amides is 2. The number of rotatable bonds is 5. The summed E-state index contributed by atoms with van der Waals surface area (Å²) in [5, 5.41) is 0. The Morgan fingerprint density at radius 2 is 1.45 bits per heavy atom. The number of nitrogens with zero attached hydrogens (tertiary/aromatic N) is 1. The van der Waals surface area contributed by atoms with Gasteiger partial charge in [-0.15, -0.1) is 0 Å². The van der Waals surface area contributed by atoms with Crippen LogP contribution in [-0.2, 0) is 9.59 Å². The van der Waals surface area contributed by atoms with Crippen LogP contribution in [0.5, 0.6) is 0 Å². The number of fused-ring (bicyclic) bond motifs is 5. The fourth-order valence-electron chi connectivity index (χ4n) is 5.37. The molecule has 0 aromatic rings. The Morgan fingerprint density at radius 1 is 1.00 bits per heavy atom. The van der Waals surface area contributed by atoms with E-state index in [0.717, 1.165) is 44.9 Å². The van der Waals surface area contributed by atoms with Crippen LogP contribution in [0.15, 0.2) is 0 Å². The molecular weight excluding hydrogens is 250 g/mol. The minimum Gasteiger partial charge on any atom is -0.276 e. The van der Waals surface area contributed by atoms with Gasteiger partial charge < -0.3 is 0 Å². The van der Waals surface area contributed by atoms with Crippen molar-refractivity contribution in [1.29, 1.82) is 0 Å². The molecule has 3 fully saturated rings. The highest BCUT2D eigenvalue weighted by molar-refractivity contribution is 6.06. The summed E-state index contributed by atoms with van der Waals surface area (Å²) in [7, 11) is 0. The zero-order chi connectivity index (χ0) is 14.5. The van der Waals surface area contributed by atoms with E-state index < -0.39 is 0 Å². The van der Waals surface area contributed by atoms with Crippen molar-refractivity contribution in [1.82, 2.24) is 4.90 Å². The summed E-state index contributed by atoms with van der Waals surface area (Å²) < 4.78 is 0. The van der Waals surface area contributed by atoms with Gasteiger partial charge in [0.25, 0.3) is 0 Å². The van der Waals surface area contributed by atoms with E-state index in [1.54, 1.807) is 4.90 Å². The zero-order valence-corrected chi connectivity index (χ0v) is 13.0. The standard InChI is InChI=1S/C17H27NO2/c1-4-8-17(3,9-5-2)18-15(19)13-11-6-7-12(10-11)14(13)16(18)20/h11-14H,4-10H2,1-3H3. The van der Waals surface area contributed by atoms with Crippen LogP contribution in [0.4, 0.5) is 0 Å². The minimum absolute atomic E-state index is 0.0364. The van der Waals surface area contributed by atoms with Crippen molar-refractivity contribution in [2.24, 2.45) is 23.7 Å². The molecule has 1 saturated heterocycles. The number of hydrogen-bond donors (Lipinski definition) is 0. The molecule has 3 heteroatoms. The molecule has 4 unspecified atom stereocenters. The Bertz CT molecular complexity index is 397. The molecule has 2 bridgehead atoms. The summed E-state index contributed by atoms with van der Waals surface area (Å²) in [6, 6.07) is 0. The van der Waals surface area contributed by atoms with E-state index in [2.05, 4.69) is 20.8 Å². The van der Waals surface area contributed by atoms with E-state index in [9.17, 15) is 9.59 Å². The van der Waals surface area contributed by atoms with Crippen LogP contribution in [0.3, 0.4) is 0 Å². The van der Waals surface area contributed by atoms with Crippen molar-refractivity contribution in [2.45, 2.75) is 71.3 Å². The molecule has 2 saturated carbocycles. The van der Waals surface area contributed by atoms with Crippen LogP contribution < -0.4 is 0 Å². The Morgan fingerprint density at radius 3 is 1.85 bits per heavy atom. The Kier molecular flexibility index (Phi) is 3.42. The first-order valence-electron chi connectivity index (χ1n) is 8.41. The fraction of sp³-hybridized carbons (Fsp3) is 0.882. The van der Waals surface area contributed by atoms with Crippen molar-refractivity contribution < 1.29 is 9.59 Å². The smallest absolute Gasteiger partial charge is 0.233 e. The van der Waals surface area contributed by atoms with Gasteiger partial charge in [0.2, 0.25) is 11.8 Å². The molecule has 1 aliphatic heterocycles. The van der Waals surface area contributed by atoms with Crippen molar-refractivity contribution in [3.05, 3.63) is 0 Å². The van der Waals surface area contributed by atoms with E-state index in [0.29, 0.717) is 11.8 Å². The summed E-state index contributed by atoms with van der Waals surface area (Å²) in [5.41, 5.74) is -0.249. The van der Waals surface area contributed by atoms with Gasteiger partial charge in [-0.05, 0) is 50.9 Å². The molecule has 0 aromatic heterocycles. The average molecular weight is 277 g/mol. The SMILES string of the molecule is CCCC(C)(CCC)N1C(=O)C2C3CCC(C3)C2C1=O. The van der Waals surface area contributed by atoms with E-state index in [1.807, 2.05) is 0 Å². The Labute approximate surface area is 122 Å². The second kappa shape index (κ2) is 4.85. The number of carbonyl (C=O) groups excluding carboxylic acids is 2. The van der Waals surface area contributed by atoms with Gasteiger partial charge in [-0.3, -0.25) is 14.5 Å². The molecule has 20 heavy (non-hydrogen) atoms. The van der Waals surface area contributed by atoms with Crippen molar-refractivity contribution >= 4 is 11.8 Å². The first kappa shape index (κ1) is 14.1. The topological polar surface area (TPSA) is 37.4 Å². The molecule has 3 rings (SSSR count). The normalized spacial score (nSPS) is 36.0. The second-order valence-electron chi connectivity index (χ2n) is 7.39. The van der Waals surface area contributed by atoms with Gasteiger partial charge in [0.1, 0.15) is 0 Å². The van der Waals surface area contributed by atoms with Crippen LogP contribution in [-0.4, -0.2) is 22.3 Å². The molecule has 0 aromatic carbocycles. The van der Waals surface area contributed by atoms with Gasteiger partial charge in [-0.2, -0.15) is 0 Å². The number of imide groups is 1. The van der Waals surface area contributed by atoms with Gasteiger partial charge in [0.05, 0.1) is 11.8 Å². The van der Waals surface area contributed by atoms with E-state index >= 15 is 0 Å². The highest BCUT2D eigenvalue weighted by Crippen LogP contribution is 2.57.